The molecule has 1 amide bonds. The zero-order valence-electron chi connectivity index (χ0n) is 10.1. The number of hydrogen-bond donors (Lipinski definition) is 0. The highest BCUT2D eigenvalue weighted by atomic mass is 79.9. The highest BCUT2D eigenvalue weighted by molar-refractivity contribution is 9.10. The van der Waals surface area contributed by atoms with Crippen molar-refractivity contribution < 1.29 is 4.79 Å². The van der Waals surface area contributed by atoms with Gasteiger partial charge in [0.1, 0.15) is 0 Å². The van der Waals surface area contributed by atoms with Gasteiger partial charge in [0.2, 0.25) is 0 Å². The number of amides is 1. The topological polar surface area (TPSA) is 20.3 Å². The molecule has 0 atom stereocenters. The van der Waals surface area contributed by atoms with E-state index in [1.54, 1.807) is 12.1 Å². The standard InChI is InChI=1S/C15H11BrClNO/c16-12-5-6-14(17)13(7-12)15(19)18-8-10-3-1-2-4-11(10)9-18/h1-7H,8-9H2. The molecule has 0 unspecified atom stereocenters. The molecule has 0 saturated heterocycles. The smallest absolute Gasteiger partial charge is 0.256 e. The Morgan fingerprint density at radius 2 is 1.74 bits per heavy atom. The van der Waals surface area contributed by atoms with Gasteiger partial charge < -0.3 is 4.90 Å². The Hall–Kier alpha value is -1.32. The summed E-state index contributed by atoms with van der Waals surface area (Å²) >= 11 is 9.48. The van der Waals surface area contributed by atoms with Gasteiger partial charge in [-0.25, -0.2) is 0 Å². The van der Waals surface area contributed by atoms with Crippen molar-refractivity contribution in [2.24, 2.45) is 0 Å². The lowest BCUT2D eigenvalue weighted by molar-refractivity contribution is 0.0751. The predicted molar refractivity (Wildman–Crippen MR) is 79.2 cm³/mol. The predicted octanol–water partition coefficient (Wildman–Crippen LogP) is 4.26. The number of rotatable bonds is 1. The number of halogens is 2. The summed E-state index contributed by atoms with van der Waals surface area (Å²) in [5.41, 5.74) is 2.97. The Morgan fingerprint density at radius 1 is 1.11 bits per heavy atom. The van der Waals surface area contributed by atoms with Crippen molar-refractivity contribution in [3.63, 3.8) is 0 Å². The average Bonchev–Trinajstić information content (AvgIpc) is 2.84. The number of benzene rings is 2. The summed E-state index contributed by atoms with van der Waals surface area (Å²) in [6, 6.07) is 13.5. The minimum Gasteiger partial charge on any atom is -0.330 e. The molecule has 0 radical (unpaired) electrons. The van der Waals surface area contributed by atoms with E-state index in [0.717, 1.165) is 4.47 Å². The maximum absolute atomic E-state index is 12.5. The van der Waals surface area contributed by atoms with Gasteiger partial charge in [-0.3, -0.25) is 4.79 Å². The maximum atomic E-state index is 12.5. The lowest BCUT2D eigenvalue weighted by Gasteiger charge is -2.16. The second-order valence-corrected chi connectivity index (χ2v) is 5.88. The number of carbonyl (C=O) groups excluding carboxylic acids is 1. The van der Waals surface area contributed by atoms with Crippen LogP contribution in [0.25, 0.3) is 0 Å². The van der Waals surface area contributed by atoms with Crippen molar-refractivity contribution in [1.82, 2.24) is 4.90 Å². The van der Waals surface area contributed by atoms with Crippen LogP contribution in [0.1, 0.15) is 21.5 Å². The van der Waals surface area contributed by atoms with Gasteiger partial charge >= 0.3 is 0 Å². The van der Waals surface area contributed by atoms with Gasteiger partial charge in [-0.1, -0.05) is 51.8 Å². The number of fused-ring (bicyclic) bond motifs is 1. The van der Waals surface area contributed by atoms with Gasteiger partial charge in [0, 0.05) is 17.6 Å². The zero-order valence-corrected chi connectivity index (χ0v) is 12.4. The Balaban J connectivity index is 1.89. The van der Waals surface area contributed by atoms with Crippen LogP contribution >= 0.6 is 27.5 Å². The monoisotopic (exact) mass is 335 g/mol. The molecule has 2 nitrogen and oxygen atoms in total. The van der Waals surface area contributed by atoms with E-state index in [-0.39, 0.29) is 5.91 Å². The van der Waals surface area contributed by atoms with Crippen LogP contribution in [0.5, 0.6) is 0 Å². The fourth-order valence-electron chi connectivity index (χ4n) is 2.31. The van der Waals surface area contributed by atoms with Gasteiger partial charge in [-0.05, 0) is 29.3 Å². The zero-order chi connectivity index (χ0) is 13.4. The first-order valence-electron chi connectivity index (χ1n) is 5.96. The molecule has 0 aliphatic carbocycles. The van der Waals surface area contributed by atoms with E-state index in [1.165, 1.54) is 11.1 Å². The molecular formula is C15H11BrClNO. The summed E-state index contributed by atoms with van der Waals surface area (Å²) in [6.07, 6.45) is 0. The van der Waals surface area contributed by atoms with E-state index in [2.05, 4.69) is 28.1 Å². The molecule has 1 aliphatic heterocycles. The molecule has 1 aliphatic rings. The minimum atomic E-state index is -0.0255. The first-order valence-corrected chi connectivity index (χ1v) is 7.13. The molecule has 0 saturated carbocycles. The van der Waals surface area contributed by atoms with E-state index in [4.69, 9.17) is 11.6 Å². The second-order valence-electron chi connectivity index (χ2n) is 4.55. The maximum Gasteiger partial charge on any atom is 0.256 e. The summed E-state index contributed by atoms with van der Waals surface area (Å²) in [7, 11) is 0. The number of hydrogen-bond acceptors (Lipinski definition) is 1. The van der Waals surface area contributed by atoms with Gasteiger partial charge in [-0.2, -0.15) is 0 Å². The van der Waals surface area contributed by atoms with Gasteiger partial charge in [0.05, 0.1) is 10.6 Å². The molecule has 0 fully saturated rings. The van der Waals surface area contributed by atoms with E-state index < -0.39 is 0 Å². The fraction of sp³-hybridized carbons (Fsp3) is 0.133. The Morgan fingerprint density at radius 3 is 2.37 bits per heavy atom. The number of nitrogens with zero attached hydrogens (tertiary/aromatic N) is 1. The van der Waals surface area contributed by atoms with Crippen LogP contribution in [0.4, 0.5) is 0 Å². The molecule has 0 aromatic heterocycles. The molecule has 96 valence electrons. The molecule has 2 aromatic carbocycles. The summed E-state index contributed by atoms with van der Waals surface area (Å²) in [4.78, 5) is 14.3. The average molecular weight is 337 g/mol. The minimum absolute atomic E-state index is 0.0255. The van der Waals surface area contributed by atoms with Crippen molar-refractivity contribution >= 4 is 33.4 Å². The van der Waals surface area contributed by atoms with Gasteiger partial charge in [0.25, 0.3) is 5.91 Å². The van der Waals surface area contributed by atoms with Crippen LogP contribution in [-0.4, -0.2) is 10.8 Å². The first kappa shape index (κ1) is 12.7. The van der Waals surface area contributed by atoms with Crippen molar-refractivity contribution in [1.29, 1.82) is 0 Å². The van der Waals surface area contributed by atoms with Crippen LogP contribution in [0.3, 0.4) is 0 Å². The van der Waals surface area contributed by atoms with E-state index >= 15 is 0 Å². The summed E-state index contributed by atoms with van der Waals surface area (Å²) in [5.74, 6) is -0.0255. The van der Waals surface area contributed by atoms with Crippen LogP contribution in [-0.2, 0) is 13.1 Å². The molecule has 0 spiro atoms. The third-order valence-electron chi connectivity index (χ3n) is 3.29. The molecule has 0 bridgehead atoms. The molecular weight excluding hydrogens is 326 g/mol. The third-order valence-corrected chi connectivity index (χ3v) is 4.11. The largest absolute Gasteiger partial charge is 0.330 e. The van der Waals surface area contributed by atoms with Crippen LogP contribution in [0, 0.1) is 0 Å². The van der Waals surface area contributed by atoms with Crippen LogP contribution in [0.2, 0.25) is 5.02 Å². The van der Waals surface area contributed by atoms with Gasteiger partial charge in [0.15, 0.2) is 0 Å². The fourth-order valence-corrected chi connectivity index (χ4v) is 2.87. The Kier molecular flexibility index (Phi) is 3.33. The first-order chi connectivity index (χ1) is 9.15. The van der Waals surface area contributed by atoms with Gasteiger partial charge in [-0.15, -0.1) is 0 Å². The summed E-state index contributed by atoms with van der Waals surface area (Å²) in [5, 5.41) is 0.490. The number of carbonyl (C=O) groups is 1. The summed E-state index contributed by atoms with van der Waals surface area (Å²) < 4.78 is 0.858. The molecule has 2 aromatic rings. The molecule has 19 heavy (non-hydrogen) atoms. The van der Waals surface area contributed by atoms with Crippen LogP contribution < -0.4 is 0 Å². The van der Waals surface area contributed by atoms with Crippen molar-refractivity contribution in [2.75, 3.05) is 0 Å². The van der Waals surface area contributed by atoms with Crippen molar-refractivity contribution in [3.05, 3.63) is 68.7 Å². The Labute approximate surface area is 125 Å². The SMILES string of the molecule is O=C(c1cc(Br)ccc1Cl)N1Cc2ccccc2C1. The lowest BCUT2D eigenvalue weighted by Crippen LogP contribution is -2.25. The third kappa shape index (κ3) is 2.40. The van der Waals surface area contributed by atoms with E-state index in [0.29, 0.717) is 23.7 Å². The van der Waals surface area contributed by atoms with Crippen molar-refractivity contribution in [3.8, 4) is 0 Å². The van der Waals surface area contributed by atoms with E-state index in [1.807, 2.05) is 23.1 Å². The normalized spacial score (nSPS) is 13.5. The van der Waals surface area contributed by atoms with Crippen LogP contribution in [0.15, 0.2) is 46.9 Å². The highest BCUT2D eigenvalue weighted by Gasteiger charge is 2.25. The molecule has 4 heteroatoms. The molecule has 3 rings (SSSR count). The Bertz CT molecular complexity index is 631. The quantitative estimate of drug-likeness (QED) is 0.762. The summed E-state index contributed by atoms with van der Waals surface area (Å²) in [6.45, 7) is 1.30. The second kappa shape index (κ2) is 4.99. The molecule has 0 N–H and O–H groups in total. The van der Waals surface area contributed by atoms with E-state index in [9.17, 15) is 4.79 Å². The van der Waals surface area contributed by atoms with Crippen molar-refractivity contribution in [2.45, 2.75) is 13.1 Å². The highest BCUT2D eigenvalue weighted by Crippen LogP contribution is 2.27. The lowest BCUT2D eigenvalue weighted by atomic mass is 10.1. The molecule has 1 heterocycles.